The molecule has 0 aliphatic carbocycles. The summed E-state index contributed by atoms with van der Waals surface area (Å²) in [7, 11) is -4.11. The van der Waals surface area contributed by atoms with Crippen molar-refractivity contribution in [1.29, 1.82) is 0 Å². The number of carboxylic acid groups (broad SMARTS) is 1. The van der Waals surface area contributed by atoms with Crippen LogP contribution >= 0.6 is 0 Å². The zero-order valence-electron chi connectivity index (χ0n) is 12.6. The molecule has 0 aliphatic heterocycles. The number of carbonyl (C=O) groups is 1. The van der Waals surface area contributed by atoms with Crippen LogP contribution in [0.25, 0.3) is 0 Å². The largest absolute Gasteiger partial charge is 0.478 e. The summed E-state index contributed by atoms with van der Waals surface area (Å²) in [6.07, 6.45) is 0.427. The van der Waals surface area contributed by atoms with E-state index in [4.69, 9.17) is 5.11 Å². The average Bonchev–Trinajstić information content (AvgIpc) is 2.45. The van der Waals surface area contributed by atoms with Crippen molar-refractivity contribution >= 4 is 21.7 Å². The highest BCUT2D eigenvalue weighted by Crippen LogP contribution is 2.24. The Labute approximate surface area is 133 Å². The summed E-state index contributed by atoms with van der Waals surface area (Å²) in [5.41, 5.74) is 1.07. The Bertz CT molecular complexity index is 842. The molecule has 0 unspecified atom stereocenters. The van der Waals surface area contributed by atoms with E-state index < -0.39 is 26.7 Å². The Morgan fingerprint density at radius 3 is 2.52 bits per heavy atom. The van der Waals surface area contributed by atoms with E-state index in [1.807, 2.05) is 0 Å². The standard InChI is InChI=1S/C16H16FNO4S/c1-3-11-9-12(7-8-13(11)16(19)20)18-23(21,22)15-10(2)5-4-6-14(15)17/h4-9,18H,3H2,1-2H3,(H,19,20). The molecule has 0 spiro atoms. The Morgan fingerprint density at radius 1 is 1.26 bits per heavy atom. The lowest BCUT2D eigenvalue weighted by atomic mass is 10.0. The molecule has 0 radical (unpaired) electrons. The van der Waals surface area contributed by atoms with Gasteiger partial charge >= 0.3 is 5.97 Å². The smallest absolute Gasteiger partial charge is 0.335 e. The molecule has 23 heavy (non-hydrogen) atoms. The molecule has 0 aromatic heterocycles. The van der Waals surface area contributed by atoms with E-state index in [0.717, 1.165) is 6.07 Å². The van der Waals surface area contributed by atoms with Gasteiger partial charge in [-0.05, 0) is 48.7 Å². The van der Waals surface area contributed by atoms with Gasteiger partial charge in [-0.3, -0.25) is 4.72 Å². The summed E-state index contributed by atoms with van der Waals surface area (Å²) in [4.78, 5) is 10.7. The van der Waals surface area contributed by atoms with E-state index >= 15 is 0 Å². The third-order valence-corrected chi connectivity index (χ3v) is 4.96. The Hall–Kier alpha value is -2.41. The quantitative estimate of drug-likeness (QED) is 0.877. The first kappa shape index (κ1) is 17.0. The molecule has 0 saturated carbocycles. The maximum absolute atomic E-state index is 13.9. The minimum absolute atomic E-state index is 0.109. The minimum atomic E-state index is -4.11. The fourth-order valence-electron chi connectivity index (χ4n) is 2.32. The summed E-state index contributed by atoms with van der Waals surface area (Å²) in [6.45, 7) is 3.27. The number of carboxylic acids is 1. The van der Waals surface area contributed by atoms with Crippen LogP contribution in [0.1, 0.15) is 28.4 Å². The topological polar surface area (TPSA) is 83.5 Å². The van der Waals surface area contributed by atoms with Gasteiger partial charge in [-0.25, -0.2) is 17.6 Å². The van der Waals surface area contributed by atoms with Gasteiger partial charge in [0, 0.05) is 5.69 Å². The van der Waals surface area contributed by atoms with E-state index in [-0.39, 0.29) is 16.8 Å². The molecule has 0 heterocycles. The highest BCUT2D eigenvalue weighted by molar-refractivity contribution is 7.92. The summed E-state index contributed by atoms with van der Waals surface area (Å²) < 4.78 is 41.0. The lowest BCUT2D eigenvalue weighted by molar-refractivity contribution is 0.0695. The monoisotopic (exact) mass is 337 g/mol. The molecule has 2 aromatic rings. The van der Waals surface area contributed by atoms with Crippen molar-refractivity contribution < 1.29 is 22.7 Å². The molecule has 2 aromatic carbocycles. The van der Waals surface area contributed by atoms with Crippen molar-refractivity contribution in [3.8, 4) is 0 Å². The Kier molecular flexibility index (Phi) is 4.70. The van der Waals surface area contributed by atoms with Gasteiger partial charge in [-0.1, -0.05) is 19.1 Å². The highest BCUT2D eigenvalue weighted by atomic mass is 32.2. The Balaban J connectivity index is 2.44. The molecule has 122 valence electrons. The number of hydrogen-bond acceptors (Lipinski definition) is 3. The van der Waals surface area contributed by atoms with Crippen LogP contribution in [0.3, 0.4) is 0 Å². The third kappa shape index (κ3) is 3.50. The van der Waals surface area contributed by atoms with E-state index in [9.17, 15) is 17.6 Å². The molecular weight excluding hydrogens is 321 g/mol. The minimum Gasteiger partial charge on any atom is -0.478 e. The van der Waals surface area contributed by atoms with Crippen LogP contribution in [0.2, 0.25) is 0 Å². The number of aryl methyl sites for hydroxylation is 2. The molecule has 0 bridgehead atoms. The third-order valence-electron chi connectivity index (χ3n) is 3.40. The number of halogens is 1. The number of anilines is 1. The summed E-state index contributed by atoms with van der Waals surface area (Å²) in [5, 5.41) is 9.08. The van der Waals surface area contributed by atoms with Crippen molar-refractivity contribution in [2.24, 2.45) is 0 Å². The van der Waals surface area contributed by atoms with Gasteiger partial charge in [0.05, 0.1) is 5.56 Å². The maximum atomic E-state index is 13.9. The van der Waals surface area contributed by atoms with Crippen LogP contribution in [0.15, 0.2) is 41.3 Å². The zero-order valence-corrected chi connectivity index (χ0v) is 13.4. The predicted octanol–water partition coefficient (Wildman–Crippen LogP) is 3.20. The molecule has 0 fully saturated rings. The molecule has 2 rings (SSSR count). The van der Waals surface area contributed by atoms with Gasteiger partial charge in [0.1, 0.15) is 10.7 Å². The molecule has 0 amide bonds. The second kappa shape index (κ2) is 6.37. The van der Waals surface area contributed by atoms with E-state index in [1.165, 1.54) is 37.3 Å². The van der Waals surface area contributed by atoms with E-state index in [1.54, 1.807) is 6.92 Å². The molecule has 0 aliphatic rings. The summed E-state index contributed by atoms with van der Waals surface area (Å²) in [5.74, 6) is -1.92. The first-order chi connectivity index (χ1) is 10.8. The van der Waals surface area contributed by atoms with Crippen molar-refractivity contribution in [3.05, 3.63) is 58.9 Å². The number of sulfonamides is 1. The summed E-state index contributed by atoms with van der Waals surface area (Å²) in [6, 6.07) is 8.12. The molecule has 2 N–H and O–H groups in total. The van der Waals surface area contributed by atoms with Crippen LogP contribution in [0.5, 0.6) is 0 Å². The second-order valence-electron chi connectivity index (χ2n) is 5.02. The predicted molar refractivity (Wildman–Crippen MR) is 84.7 cm³/mol. The molecular formula is C16H16FNO4S. The number of aromatic carboxylic acids is 1. The van der Waals surface area contributed by atoms with Gasteiger partial charge in [0.15, 0.2) is 0 Å². The lowest BCUT2D eigenvalue weighted by Gasteiger charge is -2.13. The van der Waals surface area contributed by atoms with Crippen LogP contribution < -0.4 is 4.72 Å². The van der Waals surface area contributed by atoms with Crippen molar-refractivity contribution in [2.45, 2.75) is 25.2 Å². The lowest BCUT2D eigenvalue weighted by Crippen LogP contribution is -2.16. The van der Waals surface area contributed by atoms with E-state index in [0.29, 0.717) is 12.0 Å². The van der Waals surface area contributed by atoms with Crippen LogP contribution in [0, 0.1) is 12.7 Å². The van der Waals surface area contributed by atoms with Crippen LogP contribution in [-0.4, -0.2) is 19.5 Å². The first-order valence-corrected chi connectivity index (χ1v) is 8.38. The molecule has 0 atom stereocenters. The van der Waals surface area contributed by atoms with Crippen LogP contribution in [-0.2, 0) is 16.4 Å². The van der Waals surface area contributed by atoms with Gasteiger partial charge in [0.2, 0.25) is 0 Å². The van der Waals surface area contributed by atoms with Crippen LogP contribution in [0.4, 0.5) is 10.1 Å². The number of rotatable bonds is 5. The number of benzene rings is 2. The number of hydrogen-bond donors (Lipinski definition) is 2. The highest BCUT2D eigenvalue weighted by Gasteiger charge is 2.22. The normalized spacial score (nSPS) is 11.3. The summed E-state index contributed by atoms with van der Waals surface area (Å²) >= 11 is 0. The zero-order chi connectivity index (χ0) is 17.2. The molecule has 0 saturated heterocycles. The van der Waals surface area contributed by atoms with Crippen molar-refractivity contribution in [2.75, 3.05) is 4.72 Å². The first-order valence-electron chi connectivity index (χ1n) is 6.90. The van der Waals surface area contributed by atoms with Gasteiger partial charge < -0.3 is 5.11 Å². The average molecular weight is 337 g/mol. The fourth-order valence-corrected chi connectivity index (χ4v) is 3.68. The Morgan fingerprint density at radius 2 is 1.96 bits per heavy atom. The van der Waals surface area contributed by atoms with Crippen molar-refractivity contribution in [3.63, 3.8) is 0 Å². The van der Waals surface area contributed by atoms with Gasteiger partial charge in [0.25, 0.3) is 10.0 Å². The SMILES string of the molecule is CCc1cc(NS(=O)(=O)c2c(C)cccc2F)ccc1C(=O)O. The number of nitrogens with one attached hydrogen (secondary N) is 1. The molecule has 5 nitrogen and oxygen atoms in total. The maximum Gasteiger partial charge on any atom is 0.335 e. The second-order valence-corrected chi connectivity index (χ2v) is 6.64. The van der Waals surface area contributed by atoms with E-state index in [2.05, 4.69) is 4.72 Å². The van der Waals surface area contributed by atoms with Crippen molar-refractivity contribution in [1.82, 2.24) is 0 Å². The fraction of sp³-hybridized carbons (Fsp3) is 0.188. The van der Waals surface area contributed by atoms with Gasteiger partial charge in [-0.15, -0.1) is 0 Å². The van der Waals surface area contributed by atoms with Gasteiger partial charge in [-0.2, -0.15) is 0 Å². The molecule has 7 heteroatoms.